The zero-order chi connectivity index (χ0) is 21.3. The van der Waals surface area contributed by atoms with E-state index in [1.807, 2.05) is 11.8 Å². The summed E-state index contributed by atoms with van der Waals surface area (Å²) in [5.41, 5.74) is 6.31. The van der Waals surface area contributed by atoms with E-state index in [-0.39, 0.29) is 30.8 Å². The fourth-order valence-electron chi connectivity index (χ4n) is 4.02. The number of benzene rings is 1. The second-order valence-electron chi connectivity index (χ2n) is 7.70. The zero-order valence-corrected chi connectivity index (χ0v) is 17.5. The highest BCUT2D eigenvalue weighted by Gasteiger charge is 2.34. The third-order valence-corrected chi connectivity index (χ3v) is 7.72. The molecule has 0 bridgehead atoms. The molecule has 2 unspecified atom stereocenters. The Morgan fingerprint density at radius 3 is 2.59 bits per heavy atom. The molecule has 10 heteroatoms. The summed E-state index contributed by atoms with van der Waals surface area (Å²) >= 11 is 0. The van der Waals surface area contributed by atoms with Gasteiger partial charge in [0.2, 0.25) is 21.8 Å². The number of rotatable bonds is 4. The third kappa shape index (κ3) is 4.53. The van der Waals surface area contributed by atoms with Crippen molar-refractivity contribution in [2.45, 2.75) is 45.3 Å². The number of sulfonamides is 1. The fourth-order valence-corrected chi connectivity index (χ4v) is 5.77. The molecule has 0 aromatic heterocycles. The minimum Gasteiger partial charge on any atom is -0.368 e. The summed E-state index contributed by atoms with van der Waals surface area (Å²) in [6.45, 7) is 4.16. The van der Waals surface area contributed by atoms with Gasteiger partial charge in [0.15, 0.2) is 0 Å². The molecule has 1 aromatic carbocycles. The second-order valence-corrected chi connectivity index (χ2v) is 9.75. The van der Waals surface area contributed by atoms with Gasteiger partial charge in [0.1, 0.15) is 11.9 Å². The number of anilines is 1. The molecule has 2 aliphatic rings. The van der Waals surface area contributed by atoms with Crippen LogP contribution >= 0.6 is 0 Å². The molecule has 2 aliphatic heterocycles. The van der Waals surface area contributed by atoms with Gasteiger partial charge in [-0.1, -0.05) is 6.07 Å². The van der Waals surface area contributed by atoms with E-state index in [0.717, 1.165) is 6.42 Å². The summed E-state index contributed by atoms with van der Waals surface area (Å²) < 4.78 is 40.8. The largest absolute Gasteiger partial charge is 0.368 e. The van der Waals surface area contributed by atoms with E-state index >= 15 is 0 Å². The lowest BCUT2D eigenvalue weighted by atomic mass is 10.1. The number of carbonyl (C=O) groups is 2. The number of primary amides is 1. The van der Waals surface area contributed by atoms with Gasteiger partial charge < -0.3 is 15.5 Å². The lowest BCUT2D eigenvalue weighted by Crippen LogP contribution is -2.59. The first-order valence-electron chi connectivity index (χ1n) is 9.69. The van der Waals surface area contributed by atoms with Gasteiger partial charge in [-0.25, -0.2) is 12.8 Å². The van der Waals surface area contributed by atoms with E-state index < -0.39 is 27.8 Å². The topological polar surface area (TPSA) is 104 Å². The summed E-state index contributed by atoms with van der Waals surface area (Å²) in [4.78, 5) is 26.7. The Hall–Kier alpha value is -2.20. The second kappa shape index (κ2) is 8.27. The van der Waals surface area contributed by atoms with Crippen molar-refractivity contribution in [2.75, 3.05) is 30.3 Å². The third-order valence-electron chi connectivity index (χ3n) is 5.71. The first-order chi connectivity index (χ1) is 13.6. The van der Waals surface area contributed by atoms with Crippen LogP contribution in [0.2, 0.25) is 0 Å². The number of hydrogen-bond donors (Lipinski definition) is 1. The molecule has 1 aromatic rings. The van der Waals surface area contributed by atoms with Gasteiger partial charge in [-0.2, -0.15) is 4.31 Å². The van der Waals surface area contributed by atoms with Gasteiger partial charge in [-0.05, 0) is 31.9 Å². The van der Waals surface area contributed by atoms with Gasteiger partial charge >= 0.3 is 0 Å². The van der Waals surface area contributed by atoms with E-state index in [0.29, 0.717) is 30.8 Å². The highest BCUT2D eigenvalue weighted by Crippen LogP contribution is 2.27. The summed E-state index contributed by atoms with van der Waals surface area (Å²) in [7, 11) is -3.38. The standard InChI is InChI=1S/C19H27FN4O4S/c1-13-4-3-9-29(27,28)24(13)11-15-5-6-16(10-17(15)20)22-7-8-23(14(2)25)18(12-22)19(21)26/h5-6,10,13,18H,3-4,7-9,11-12H2,1-2H3,(H2,21,26). The maximum atomic E-state index is 14.8. The number of hydrogen-bond acceptors (Lipinski definition) is 5. The average Bonchev–Trinajstić information content (AvgIpc) is 2.65. The highest BCUT2D eigenvalue weighted by molar-refractivity contribution is 7.89. The SMILES string of the molecule is CC(=O)N1CCN(c2ccc(CN3C(C)CCCS3(=O)=O)c(F)c2)CC1C(N)=O. The van der Waals surface area contributed by atoms with Crippen LogP contribution in [-0.4, -0.2) is 66.9 Å². The van der Waals surface area contributed by atoms with Crippen molar-refractivity contribution >= 4 is 27.5 Å². The summed E-state index contributed by atoms with van der Waals surface area (Å²) in [6, 6.07) is 3.70. The Kier molecular flexibility index (Phi) is 6.13. The number of nitrogens with two attached hydrogens (primary N) is 1. The molecule has 8 nitrogen and oxygen atoms in total. The minimum absolute atomic E-state index is 0.00234. The van der Waals surface area contributed by atoms with E-state index in [1.165, 1.54) is 22.2 Å². The Morgan fingerprint density at radius 2 is 2.00 bits per heavy atom. The number of carbonyl (C=O) groups excluding carboxylic acids is 2. The predicted octanol–water partition coefficient (Wildman–Crippen LogP) is 0.662. The molecular formula is C19H27FN4O4S. The highest BCUT2D eigenvalue weighted by atomic mass is 32.2. The molecule has 29 heavy (non-hydrogen) atoms. The molecule has 2 N–H and O–H groups in total. The van der Waals surface area contributed by atoms with Crippen LogP contribution in [0.1, 0.15) is 32.3 Å². The molecule has 2 amide bonds. The Bertz CT molecular complexity index is 907. The quantitative estimate of drug-likeness (QED) is 0.762. The minimum atomic E-state index is -3.38. The predicted molar refractivity (Wildman–Crippen MR) is 107 cm³/mol. The average molecular weight is 427 g/mol. The van der Waals surface area contributed by atoms with E-state index in [1.54, 1.807) is 12.1 Å². The van der Waals surface area contributed by atoms with Crippen LogP contribution in [0.15, 0.2) is 18.2 Å². The number of amides is 2. The normalized spacial score (nSPS) is 25.1. The monoisotopic (exact) mass is 426 g/mol. The molecule has 2 saturated heterocycles. The Labute approximate surface area is 170 Å². The van der Waals surface area contributed by atoms with Crippen LogP contribution in [0.3, 0.4) is 0 Å². The van der Waals surface area contributed by atoms with Crippen LogP contribution < -0.4 is 10.6 Å². The van der Waals surface area contributed by atoms with Crippen molar-refractivity contribution in [1.82, 2.24) is 9.21 Å². The first kappa shape index (κ1) is 21.5. The van der Waals surface area contributed by atoms with Gasteiger partial charge in [-0.3, -0.25) is 9.59 Å². The maximum Gasteiger partial charge on any atom is 0.242 e. The molecule has 0 aliphatic carbocycles. The summed E-state index contributed by atoms with van der Waals surface area (Å²) in [6.07, 6.45) is 1.38. The molecule has 160 valence electrons. The Morgan fingerprint density at radius 1 is 1.28 bits per heavy atom. The van der Waals surface area contributed by atoms with Crippen LogP contribution in [0, 0.1) is 5.82 Å². The number of halogens is 1. The maximum absolute atomic E-state index is 14.8. The van der Waals surface area contributed by atoms with E-state index in [9.17, 15) is 22.4 Å². The lowest BCUT2D eigenvalue weighted by molar-refractivity contribution is -0.138. The number of nitrogens with zero attached hydrogens (tertiary/aromatic N) is 3. The van der Waals surface area contributed by atoms with Crippen molar-refractivity contribution in [2.24, 2.45) is 5.73 Å². The fraction of sp³-hybridized carbons (Fsp3) is 0.579. The smallest absolute Gasteiger partial charge is 0.242 e. The van der Waals surface area contributed by atoms with E-state index in [2.05, 4.69) is 0 Å². The number of piperazine rings is 1. The molecule has 3 rings (SSSR count). The molecule has 0 saturated carbocycles. The summed E-state index contributed by atoms with van der Waals surface area (Å²) in [5.74, 6) is -1.25. The lowest BCUT2D eigenvalue weighted by Gasteiger charge is -2.40. The van der Waals surface area contributed by atoms with Crippen molar-refractivity contribution in [3.05, 3.63) is 29.6 Å². The van der Waals surface area contributed by atoms with Gasteiger partial charge in [0, 0.05) is 50.4 Å². The van der Waals surface area contributed by atoms with Crippen molar-refractivity contribution in [3.8, 4) is 0 Å². The first-order valence-corrected chi connectivity index (χ1v) is 11.3. The van der Waals surface area contributed by atoms with Crippen molar-refractivity contribution in [1.29, 1.82) is 0 Å². The van der Waals surface area contributed by atoms with Crippen molar-refractivity contribution < 1.29 is 22.4 Å². The van der Waals surface area contributed by atoms with Crippen LogP contribution in [-0.2, 0) is 26.2 Å². The van der Waals surface area contributed by atoms with Crippen LogP contribution in [0.25, 0.3) is 0 Å². The molecule has 2 atom stereocenters. The van der Waals surface area contributed by atoms with E-state index in [4.69, 9.17) is 5.73 Å². The van der Waals surface area contributed by atoms with Crippen LogP contribution in [0.4, 0.5) is 10.1 Å². The molecular weight excluding hydrogens is 399 g/mol. The molecule has 0 radical (unpaired) electrons. The molecule has 2 fully saturated rings. The van der Waals surface area contributed by atoms with Gasteiger partial charge in [0.25, 0.3) is 0 Å². The van der Waals surface area contributed by atoms with Crippen LogP contribution in [0.5, 0.6) is 0 Å². The van der Waals surface area contributed by atoms with Crippen molar-refractivity contribution in [3.63, 3.8) is 0 Å². The Balaban J connectivity index is 1.77. The van der Waals surface area contributed by atoms with Gasteiger partial charge in [0.05, 0.1) is 5.75 Å². The van der Waals surface area contributed by atoms with Gasteiger partial charge in [-0.15, -0.1) is 0 Å². The molecule has 2 heterocycles. The zero-order valence-electron chi connectivity index (χ0n) is 16.7. The summed E-state index contributed by atoms with van der Waals surface area (Å²) in [5, 5.41) is 0. The molecule has 0 spiro atoms.